The molecule has 0 radical (unpaired) electrons. The zero-order valence-electron chi connectivity index (χ0n) is 17.5. The van der Waals surface area contributed by atoms with Crippen molar-refractivity contribution >= 4 is 29.9 Å². The first-order valence-corrected chi connectivity index (χ1v) is 10.1. The van der Waals surface area contributed by atoms with Gasteiger partial charge < -0.3 is 25.4 Å². The Morgan fingerprint density at radius 2 is 1.93 bits per heavy atom. The molecule has 1 aromatic carbocycles. The Hall–Kier alpha value is -0.900. The Bertz CT molecular complexity index is 561. The second-order valence-corrected chi connectivity index (χ2v) is 7.49. The second kappa shape index (κ2) is 13.3. The van der Waals surface area contributed by atoms with Gasteiger partial charge in [0.05, 0.1) is 13.2 Å². The van der Waals surface area contributed by atoms with E-state index in [1.165, 1.54) is 12.8 Å². The maximum Gasteiger partial charge on any atom is 0.191 e. The van der Waals surface area contributed by atoms with E-state index in [2.05, 4.69) is 27.4 Å². The minimum absolute atomic E-state index is 0. The largest absolute Gasteiger partial charge is 0.384 e. The van der Waals surface area contributed by atoms with E-state index >= 15 is 0 Å². The summed E-state index contributed by atoms with van der Waals surface area (Å²) in [6, 6.07) is 9.71. The topological polar surface area (TPSA) is 69.1 Å². The first-order chi connectivity index (χ1) is 13.0. The molecule has 0 bridgehead atoms. The number of methoxy groups -OCH3 is 1. The first kappa shape index (κ1) is 25.1. The quantitative estimate of drug-likeness (QED) is 0.274. The van der Waals surface area contributed by atoms with Crippen LogP contribution in [-0.2, 0) is 10.3 Å². The zero-order chi connectivity index (χ0) is 19.5. The van der Waals surface area contributed by atoms with Gasteiger partial charge in [-0.1, -0.05) is 30.3 Å². The fourth-order valence-corrected chi connectivity index (χ4v) is 3.34. The van der Waals surface area contributed by atoms with Crippen molar-refractivity contribution in [2.24, 2.45) is 10.9 Å². The Labute approximate surface area is 187 Å². The van der Waals surface area contributed by atoms with E-state index in [1.807, 2.05) is 37.3 Å². The van der Waals surface area contributed by atoms with E-state index in [9.17, 15) is 5.11 Å². The molecule has 7 heteroatoms. The van der Waals surface area contributed by atoms with Gasteiger partial charge in [0.25, 0.3) is 0 Å². The third kappa shape index (κ3) is 8.63. The van der Waals surface area contributed by atoms with E-state index in [4.69, 9.17) is 4.74 Å². The van der Waals surface area contributed by atoms with Crippen LogP contribution in [0.25, 0.3) is 0 Å². The smallest absolute Gasteiger partial charge is 0.191 e. The molecule has 0 aromatic heterocycles. The molecule has 6 nitrogen and oxygen atoms in total. The third-order valence-corrected chi connectivity index (χ3v) is 5.16. The van der Waals surface area contributed by atoms with Crippen molar-refractivity contribution < 1.29 is 9.84 Å². The molecule has 1 aliphatic heterocycles. The van der Waals surface area contributed by atoms with Crippen molar-refractivity contribution in [3.8, 4) is 0 Å². The molecular formula is C21H37IN4O2. The summed E-state index contributed by atoms with van der Waals surface area (Å²) in [7, 11) is 1.76. The van der Waals surface area contributed by atoms with Crippen molar-refractivity contribution in [2.45, 2.75) is 32.3 Å². The number of guanidine groups is 1. The summed E-state index contributed by atoms with van der Waals surface area (Å²) in [5.41, 5.74) is -0.0935. The molecule has 1 fully saturated rings. The normalized spacial score (nSPS) is 18.2. The molecular weight excluding hydrogens is 467 g/mol. The van der Waals surface area contributed by atoms with Gasteiger partial charge in [-0.2, -0.15) is 0 Å². The van der Waals surface area contributed by atoms with E-state index in [0.29, 0.717) is 12.5 Å². The van der Waals surface area contributed by atoms with E-state index in [0.717, 1.165) is 50.9 Å². The number of ether oxygens (including phenoxy) is 1. The first-order valence-electron chi connectivity index (χ1n) is 10.1. The highest BCUT2D eigenvalue weighted by molar-refractivity contribution is 14.0. The highest BCUT2D eigenvalue weighted by Crippen LogP contribution is 2.20. The van der Waals surface area contributed by atoms with E-state index < -0.39 is 5.60 Å². The van der Waals surface area contributed by atoms with Crippen LogP contribution in [0, 0.1) is 5.92 Å². The lowest BCUT2D eigenvalue weighted by Crippen LogP contribution is -2.44. The van der Waals surface area contributed by atoms with Crippen molar-refractivity contribution in [3.05, 3.63) is 35.9 Å². The highest BCUT2D eigenvalue weighted by atomic mass is 127. The molecule has 1 unspecified atom stereocenters. The van der Waals surface area contributed by atoms with Crippen LogP contribution in [0.15, 0.2) is 35.3 Å². The Morgan fingerprint density at radius 3 is 2.54 bits per heavy atom. The minimum atomic E-state index is -0.976. The van der Waals surface area contributed by atoms with Gasteiger partial charge in [-0.05, 0) is 51.3 Å². The lowest BCUT2D eigenvalue weighted by atomic mass is 9.96. The molecule has 0 spiro atoms. The summed E-state index contributed by atoms with van der Waals surface area (Å²) in [6.45, 7) is 10.00. The number of likely N-dealkylation sites (tertiary alicyclic amines) is 1. The summed E-state index contributed by atoms with van der Waals surface area (Å²) >= 11 is 0. The van der Waals surface area contributed by atoms with Crippen molar-refractivity contribution in [3.63, 3.8) is 0 Å². The van der Waals surface area contributed by atoms with Gasteiger partial charge in [-0.25, -0.2) is 4.99 Å². The fraction of sp³-hybridized carbons (Fsp3) is 0.667. The van der Waals surface area contributed by atoms with Crippen molar-refractivity contribution in [1.29, 1.82) is 0 Å². The monoisotopic (exact) mass is 504 g/mol. The standard InChI is InChI=1S/C21H36N4O2.HI/c1-4-22-20(24-17-21(2,26)19-8-6-5-7-9-19)23-16-18-10-12-25(13-11-18)14-15-27-3;/h5-9,18,26H,4,10-17H2,1-3H3,(H2,22,23,24);1H. The molecule has 1 saturated heterocycles. The number of hydrogen-bond acceptors (Lipinski definition) is 4. The highest BCUT2D eigenvalue weighted by Gasteiger charge is 2.23. The number of benzene rings is 1. The van der Waals surface area contributed by atoms with Crippen LogP contribution in [0.5, 0.6) is 0 Å². The Balaban J connectivity index is 0.00000392. The number of nitrogens with zero attached hydrogens (tertiary/aromatic N) is 2. The van der Waals surface area contributed by atoms with Gasteiger partial charge in [-0.3, -0.25) is 0 Å². The molecule has 1 aromatic rings. The number of nitrogens with one attached hydrogen (secondary N) is 2. The Kier molecular flexibility index (Phi) is 12.0. The van der Waals surface area contributed by atoms with Crippen LogP contribution >= 0.6 is 24.0 Å². The molecule has 1 heterocycles. The number of piperidine rings is 1. The number of aliphatic imine (C=N–C) groups is 1. The number of halogens is 1. The minimum Gasteiger partial charge on any atom is -0.384 e. The summed E-state index contributed by atoms with van der Waals surface area (Å²) in [5, 5.41) is 17.5. The van der Waals surface area contributed by atoms with Gasteiger partial charge in [0.1, 0.15) is 5.60 Å². The van der Waals surface area contributed by atoms with Gasteiger partial charge >= 0.3 is 0 Å². The lowest BCUT2D eigenvalue weighted by Gasteiger charge is -2.32. The summed E-state index contributed by atoms with van der Waals surface area (Å²) in [4.78, 5) is 7.09. The maximum atomic E-state index is 10.7. The molecule has 2 rings (SSSR count). The summed E-state index contributed by atoms with van der Waals surface area (Å²) in [5.74, 6) is 1.43. The van der Waals surface area contributed by atoms with Crippen LogP contribution < -0.4 is 10.6 Å². The molecule has 1 aliphatic rings. The van der Waals surface area contributed by atoms with Gasteiger partial charge in [0, 0.05) is 26.7 Å². The Morgan fingerprint density at radius 1 is 1.25 bits per heavy atom. The number of rotatable bonds is 9. The van der Waals surface area contributed by atoms with Crippen LogP contribution in [0.4, 0.5) is 0 Å². The maximum absolute atomic E-state index is 10.7. The predicted octanol–water partition coefficient (Wildman–Crippen LogP) is 2.43. The zero-order valence-corrected chi connectivity index (χ0v) is 19.8. The van der Waals surface area contributed by atoms with Crippen LogP contribution in [-0.4, -0.2) is 69.0 Å². The molecule has 28 heavy (non-hydrogen) atoms. The summed E-state index contributed by atoms with van der Waals surface area (Å²) in [6.07, 6.45) is 2.38. The molecule has 160 valence electrons. The molecule has 0 saturated carbocycles. The van der Waals surface area contributed by atoms with Crippen molar-refractivity contribution in [1.82, 2.24) is 15.5 Å². The average molecular weight is 504 g/mol. The average Bonchev–Trinajstić information content (AvgIpc) is 2.70. The second-order valence-electron chi connectivity index (χ2n) is 7.49. The van der Waals surface area contributed by atoms with E-state index in [-0.39, 0.29) is 24.0 Å². The number of aliphatic hydroxyl groups is 1. The van der Waals surface area contributed by atoms with Crippen LogP contribution in [0.2, 0.25) is 0 Å². The molecule has 0 amide bonds. The van der Waals surface area contributed by atoms with E-state index in [1.54, 1.807) is 7.11 Å². The third-order valence-electron chi connectivity index (χ3n) is 5.16. The molecule has 1 atom stereocenters. The lowest BCUT2D eigenvalue weighted by molar-refractivity contribution is 0.0672. The SMILES string of the molecule is CCNC(=NCC(C)(O)c1ccccc1)NCC1CCN(CCOC)CC1.I. The molecule has 0 aliphatic carbocycles. The summed E-state index contributed by atoms with van der Waals surface area (Å²) < 4.78 is 5.17. The van der Waals surface area contributed by atoms with Crippen LogP contribution in [0.3, 0.4) is 0 Å². The molecule has 3 N–H and O–H groups in total. The van der Waals surface area contributed by atoms with Crippen LogP contribution in [0.1, 0.15) is 32.3 Å². The van der Waals surface area contributed by atoms with Gasteiger partial charge in [-0.15, -0.1) is 24.0 Å². The predicted molar refractivity (Wildman–Crippen MR) is 126 cm³/mol. The van der Waals surface area contributed by atoms with Gasteiger partial charge in [0.2, 0.25) is 0 Å². The van der Waals surface area contributed by atoms with Crippen molar-refractivity contribution in [2.75, 3.05) is 53.0 Å². The fourth-order valence-electron chi connectivity index (χ4n) is 3.34. The van der Waals surface area contributed by atoms with Gasteiger partial charge in [0.15, 0.2) is 5.96 Å². The number of hydrogen-bond donors (Lipinski definition) is 3.